The standard InChI is InChI=1S/C17H17ClS/c1-19-16-8-3-2-7-15(16)17(18)14-10-9-12-5-4-6-13(12)11-14/h2-3,7-11,17H,4-6H2,1H3. The maximum atomic E-state index is 6.70. The van der Waals surface area contributed by atoms with E-state index in [1.807, 2.05) is 0 Å². The Morgan fingerprint density at radius 3 is 2.68 bits per heavy atom. The van der Waals surface area contributed by atoms with Crippen LogP contribution in [0.3, 0.4) is 0 Å². The summed E-state index contributed by atoms with van der Waals surface area (Å²) in [5, 5.41) is -0.0467. The molecule has 0 fully saturated rings. The molecule has 1 atom stereocenters. The minimum Gasteiger partial charge on any atom is -0.129 e. The zero-order valence-corrected chi connectivity index (χ0v) is 12.6. The van der Waals surface area contributed by atoms with Crippen molar-refractivity contribution in [3.63, 3.8) is 0 Å². The summed E-state index contributed by atoms with van der Waals surface area (Å²) in [7, 11) is 0. The summed E-state index contributed by atoms with van der Waals surface area (Å²) in [6.07, 6.45) is 5.82. The van der Waals surface area contributed by atoms with E-state index in [4.69, 9.17) is 11.6 Å². The van der Waals surface area contributed by atoms with E-state index < -0.39 is 0 Å². The molecule has 2 aromatic carbocycles. The summed E-state index contributed by atoms with van der Waals surface area (Å²) < 4.78 is 0. The van der Waals surface area contributed by atoms with E-state index in [2.05, 4.69) is 48.7 Å². The fourth-order valence-corrected chi connectivity index (χ4v) is 3.83. The zero-order valence-electron chi connectivity index (χ0n) is 11.0. The number of thioether (sulfide) groups is 1. The van der Waals surface area contributed by atoms with Crippen LogP contribution in [0, 0.1) is 0 Å². The lowest BCUT2D eigenvalue weighted by atomic mass is 10.00. The summed E-state index contributed by atoms with van der Waals surface area (Å²) in [4.78, 5) is 1.27. The van der Waals surface area contributed by atoms with Gasteiger partial charge in [0, 0.05) is 4.90 Å². The molecule has 0 aromatic heterocycles. The average molecular weight is 289 g/mol. The van der Waals surface area contributed by atoms with Crippen molar-refractivity contribution in [3.8, 4) is 0 Å². The molecule has 98 valence electrons. The highest BCUT2D eigenvalue weighted by Crippen LogP contribution is 2.36. The Morgan fingerprint density at radius 1 is 1.05 bits per heavy atom. The predicted octanol–water partition coefficient (Wildman–Crippen LogP) is 5.23. The molecular weight excluding hydrogens is 272 g/mol. The molecule has 3 rings (SSSR count). The van der Waals surface area contributed by atoms with E-state index in [-0.39, 0.29) is 5.38 Å². The van der Waals surface area contributed by atoms with E-state index in [0.717, 1.165) is 0 Å². The van der Waals surface area contributed by atoms with Crippen LogP contribution >= 0.6 is 23.4 Å². The van der Waals surface area contributed by atoms with Gasteiger partial charge >= 0.3 is 0 Å². The molecule has 0 N–H and O–H groups in total. The second-order valence-electron chi connectivity index (χ2n) is 4.99. The summed E-state index contributed by atoms with van der Waals surface area (Å²) in [5.74, 6) is 0. The highest BCUT2D eigenvalue weighted by atomic mass is 35.5. The summed E-state index contributed by atoms with van der Waals surface area (Å²) >= 11 is 8.46. The Bertz CT molecular complexity index is 592. The normalized spacial score (nSPS) is 15.3. The molecule has 0 radical (unpaired) electrons. The Kier molecular flexibility index (Phi) is 3.86. The van der Waals surface area contributed by atoms with Crippen LogP contribution in [-0.2, 0) is 12.8 Å². The Balaban J connectivity index is 1.97. The lowest BCUT2D eigenvalue weighted by molar-refractivity contribution is 0.911. The largest absolute Gasteiger partial charge is 0.129 e. The van der Waals surface area contributed by atoms with Crippen LogP contribution in [0.1, 0.15) is 34.1 Å². The van der Waals surface area contributed by atoms with Gasteiger partial charge < -0.3 is 0 Å². The van der Waals surface area contributed by atoms with Crippen molar-refractivity contribution in [2.24, 2.45) is 0 Å². The maximum Gasteiger partial charge on any atom is 0.0846 e. The molecule has 0 saturated carbocycles. The van der Waals surface area contributed by atoms with Crippen molar-refractivity contribution in [2.45, 2.75) is 29.5 Å². The molecule has 0 amide bonds. The SMILES string of the molecule is CSc1ccccc1C(Cl)c1ccc2c(c1)CCC2. The summed E-state index contributed by atoms with van der Waals surface area (Å²) in [6.45, 7) is 0. The lowest BCUT2D eigenvalue weighted by Gasteiger charge is -2.15. The van der Waals surface area contributed by atoms with Crippen molar-refractivity contribution >= 4 is 23.4 Å². The quantitative estimate of drug-likeness (QED) is 0.551. The number of hydrogen-bond acceptors (Lipinski definition) is 1. The topological polar surface area (TPSA) is 0 Å². The number of alkyl halides is 1. The van der Waals surface area contributed by atoms with Gasteiger partial charge in [-0.25, -0.2) is 0 Å². The second-order valence-corrected chi connectivity index (χ2v) is 6.27. The van der Waals surface area contributed by atoms with Crippen LogP contribution in [0.25, 0.3) is 0 Å². The maximum absolute atomic E-state index is 6.70. The van der Waals surface area contributed by atoms with Crippen LogP contribution in [0.4, 0.5) is 0 Å². The van der Waals surface area contributed by atoms with E-state index in [1.54, 1.807) is 11.8 Å². The van der Waals surface area contributed by atoms with Gasteiger partial charge in [0.2, 0.25) is 0 Å². The molecule has 1 unspecified atom stereocenters. The van der Waals surface area contributed by atoms with Crippen LogP contribution < -0.4 is 0 Å². The molecule has 2 aromatic rings. The van der Waals surface area contributed by atoms with Crippen LogP contribution in [0.2, 0.25) is 0 Å². The van der Waals surface area contributed by atoms with Crippen molar-refractivity contribution in [1.82, 2.24) is 0 Å². The Labute approximate surface area is 124 Å². The highest BCUT2D eigenvalue weighted by Gasteiger charge is 2.17. The first kappa shape index (κ1) is 13.1. The molecule has 19 heavy (non-hydrogen) atoms. The van der Waals surface area contributed by atoms with Gasteiger partial charge in [0.15, 0.2) is 0 Å². The van der Waals surface area contributed by atoms with Gasteiger partial charge in [-0.2, -0.15) is 0 Å². The molecule has 0 bridgehead atoms. The Hall–Kier alpha value is -0.920. The Morgan fingerprint density at radius 2 is 1.84 bits per heavy atom. The molecule has 0 heterocycles. The van der Waals surface area contributed by atoms with E-state index in [1.165, 1.54) is 46.4 Å². The molecule has 0 spiro atoms. The number of fused-ring (bicyclic) bond motifs is 1. The molecule has 0 nitrogen and oxygen atoms in total. The van der Waals surface area contributed by atoms with Crippen molar-refractivity contribution in [3.05, 3.63) is 64.7 Å². The smallest absolute Gasteiger partial charge is 0.0846 e. The molecule has 0 saturated heterocycles. The van der Waals surface area contributed by atoms with E-state index in [0.29, 0.717) is 0 Å². The first-order chi connectivity index (χ1) is 9.29. The molecule has 1 aliphatic carbocycles. The van der Waals surface area contributed by atoms with Crippen molar-refractivity contribution < 1.29 is 0 Å². The second kappa shape index (κ2) is 5.60. The van der Waals surface area contributed by atoms with Gasteiger partial charge in [-0.3, -0.25) is 0 Å². The predicted molar refractivity (Wildman–Crippen MR) is 84.4 cm³/mol. The van der Waals surface area contributed by atoms with Crippen LogP contribution in [0.15, 0.2) is 47.4 Å². The third-order valence-corrected chi connectivity index (χ3v) is 5.13. The zero-order chi connectivity index (χ0) is 13.2. The third kappa shape index (κ3) is 2.54. The van der Waals surface area contributed by atoms with Gasteiger partial charge in [-0.15, -0.1) is 23.4 Å². The molecular formula is C17H17ClS. The fraction of sp³-hybridized carbons (Fsp3) is 0.294. The summed E-state index contributed by atoms with van der Waals surface area (Å²) in [5.41, 5.74) is 5.44. The van der Waals surface area contributed by atoms with Gasteiger partial charge in [0.25, 0.3) is 0 Å². The van der Waals surface area contributed by atoms with Crippen LogP contribution in [0.5, 0.6) is 0 Å². The van der Waals surface area contributed by atoms with Gasteiger partial charge in [-0.05, 0) is 53.8 Å². The average Bonchev–Trinajstić information content (AvgIpc) is 2.93. The summed E-state index contributed by atoms with van der Waals surface area (Å²) in [6, 6.07) is 15.2. The fourth-order valence-electron chi connectivity index (χ4n) is 2.80. The molecule has 0 aliphatic heterocycles. The third-order valence-electron chi connectivity index (χ3n) is 3.83. The first-order valence-electron chi connectivity index (χ1n) is 6.68. The van der Waals surface area contributed by atoms with Crippen molar-refractivity contribution in [2.75, 3.05) is 6.26 Å². The first-order valence-corrected chi connectivity index (χ1v) is 8.34. The highest BCUT2D eigenvalue weighted by molar-refractivity contribution is 7.98. The minimum atomic E-state index is -0.0467. The van der Waals surface area contributed by atoms with Gasteiger partial charge in [0.1, 0.15) is 0 Å². The number of hydrogen-bond donors (Lipinski definition) is 0. The number of halogens is 1. The van der Waals surface area contributed by atoms with E-state index in [9.17, 15) is 0 Å². The number of benzene rings is 2. The van der Waals surface area contributed by atoms with Crippen LogP contribution in [-0.4, -0.2) is 6.26 Å². The number of aryl methyl sites for hydroxylation is 2. The van der Waals surface area contributed by atoms with Gasteiger partial charge in [-0.1, -0.05) is 36.4 Å². The lowest BCUT2D eigenvalue weighted by Crippen LogP contribution is -1.97. The monoisotopic (exact) mass is 288 g/mol. The molecule has 2 heteroatoms. The molecule has 1 aliphatic rings. The van der Waals surface area contributed by atoms with Gasteiger partial charge in [0.05, 0.1) is 5.38 Å². The van der Waals surface area contributed by atoms with Crippen molar-refractivity contribution in [1.29, 1.82) is 0 Å². The minimum absolute atomic E-state index is 0.0467. The number of rotatable bonds is 3. The van der Waals surface area contributed by atoms with E-state index >= 15 is 0 Å².